The van der Waals surface area contributed by atoms with Gasteiger partial charge in [-0.1, -0.05) is 49.1 Å². The Hall–Kier alpha value is -4.14. The molecular weight excluding hydrogens is 496 g/mol. The SMILES string of the molecule is C=Cc1cccc(C(C(=O)Nc2ccccc2C)N(C(=O)C(CCC(N)=O)NC(=O)OC(C)(C)C)C(C)C)c1. The molecule has 9 heteroatoms. The predicted molar refractivity (Wildman–Crippen MR) is 153 cm³/mol. The lowest BCUT2D eigenvalue weighted by molar-refractivity contribution is -0.143. The highest BCUT2D eigenvalue weighted by Crippen LogP contribution is 2.28. The Bertz CT molecular complexity index is 1200. The number of ether oxygens (including phenoxy) is 1. The van der Waals surface area contributed by atoms with Crippen LogP contribution in [0.4, 0.5) is 10.5 Å². The third-order valence-corrected chi connectivity index (χ3v) is 5.87. The number of para-hydroxylation sites is 1. The molecule has 0 radical (unpaired) electrons. The number of nitrogens with one attached hydrogen (secondary N) is 2. The molecule has 2 aromatic rings. The largest absolute Gasteiger partial charge is 0.444 e. The summed E-state index contributed by atoms with van der Waals surface area (Å²) >= 11 is 0. The number of carbonyl (C=O) groups is 4. The van der Waals surface area contributed by atoms with E-state index in [0.29, 0.717) is 11.3 Å². The van der Waals surface area contributed by atoms with Crippen LogP contribution in [0.2, 0.25) is 0 Å². The van der Waals surface area contributed by atoms with Crippen LogP contribution in [-0.2, 0) is 19.1 Å². The van der Waals surface area contributed by atoms with Gasteiger partial charge in [0, 0.05) is 18.2 Å². The first-order valence-electron chi connectivity index (χ1n) is 12.9. The van der Waals surface area contributed by atoms with E-state index in [9.17, 15) is 19.2 Å². The Kier molecular flexibility index (Phi) is 10.8. The number of benzene rings is 2. The van der Waals surface area contributed by atoms with Crippen molar-refractivity contribution in [2.45, 2.75) is 78.1 Å². The summed E-state index contributed by atoms with van der Waals surface area (Å²) in [5.41, 5.74) is 7.36. The Balaban J connectivity index is 2.57. The van der Waals surface area contributed by atoms with Crippen molar-refractivity contribution >= 4 is 35.6 Å². The van der Waals surface area contributed by atoms with Crippen molar-refractivity contribution in [3.05, 3.63) is 71.8 Å². The molecule has 4 N–H and O–H groups in total. The minimum Gasteiger partial charge on any atom is -0.444 e. The number of aryl methyl sites for hydroxylation is 1. The molecule has 39 heavy (non-hydrogen) atoms. The Morgan fingerprint density at radius 3 is 2.31 bits per heavy atom. The average molecular weight is 537 g/mol. The van der Waals surface area contributed by atoms with Crippen molar-refractivity contribution in [2.24, 2.45) is 5.73 Å². The van der Waals surface area contributed by atoms with E-state index in [1.54, 1.807) is 65.0 Å². The summed E-state index contributed by atoms with van der Waals surface area (Å²) in [5.74, 6) is -1.60. The number of hydrogen-bond donors (Lipinski definition) is 3. The zero-order valence-electron chi connectivity index (χ0n) is 23.6. The monoisotopic (exact) mass is 536 g/mol. The quantitative estimate of drug-likeness (QED) is 0.383. The molecule has 0 aliphatic rings. The van der Waals surface area contributed by atoms with Crippen LogP contribution in [0, 0.1) is 6.92 Å². The summed E-state index contributed by atoms with van der Waals surface area (Å²) in [4.78, 5) is 53.6. The Morgan fingerprint density at radius 1 is 1.08 bits per heavy atom. The summed E-state index contributed by atoms with van der Waals surface area (Å²) in [7, 11) is 0. The van der Waals surface area contributed by atoms with E-state index < -0.39 is 47.5 Å². The maximum Gasteiger partial charge on any atom is 0.408 e. The smallest absolute Gasteiger partial charge is 0.408 e. The third-order valence-electron chi connectivity index (χ3n) is 5.87. The molecule has 210 valence electrons. The van der Waals surface area contributed by atoms with E-state index in [-0.39, 0.29) is 12.8 Å². The highest BCUT2D eigenvalue weighted by Gasteiger charge is 2.38. The van der Waals surface area contributed by atoms with Gasteiger partial charge in [0.25, 0.3) is 5.91 Å². The normalized spacial score (nSPS) is 12.7. The van der Waals surface area contributed by atoms with E-state index >= 15 is 0 Å². The van der Waals surface area contributed by atoms with Crippen molar-refractivity contribution in [1.29, 1.82) is 0 Å². The van der Waals surface area contributed by atoms with Crippen LogP contribution in [0.25, 0.3) is 6.08 Å². The zero-order valence-corrected chi connectivity index (χ0v) is 23.6. The van der Waals surface area contributed by atoms with E-state index in [1.165, 1.54) is 4.90 Å². The molecular formula is C30H40N4O5. The predicted octanol–water partition coefficient (Wildman–Crippen LogP) is 4.71. The van der Waals surface area contributed by atoms with Crippen LogP contribution in [0.5, 0.6) is 0 Å². The maximum absolute atomic E-state index is 14.1. The molecule has 2 unspecified atom stereocenters. The van der Waals surface area contributed by atoms with Gasteiger partial charge in [0.2, 0.25) is 11.8 Å². The van der Waals surface area contributed by atoms with Crippen LogP contribution in [0.1, 0.15) is 70.2 Å². The molecule has 9 nitrogen and oxygen atoms in total. The van der Waals surface area contributed by atoms with E-state index in [1.807, 2.05) is 31.2 Å². The second-order valence-electron chi connectivity index (χ2n) is 10.6. The molecule has 0 aliphatic carbocycles. The molecule has 0 saturated carbocycles. The van der Waals surface area contributed by atoms with Gasteiger partial charge in [-0.15, -0.1) is 0 Å². The molecule has 0 heterocycles. The first kappa shape index (κ1) is 31.1. The third kappa shape index (κ3) is 9.28. The van der Waals surface area contributed by atoms with E-state index in [0.717, 1.165) is 11.1 Å². The first-order chi connectivity index (χ1) is 18.2. The number of hydrogen-bond acceptors (Lipinski definition) is 5. The van der Waals surface area contributed by atoms with Crippen LogP contribution in [0.3, 0.4) is 0 Å². The van der Waals surface area contributed by atoms with Gasteiger partial charge in [-0.25, -0.2) is 4.79 Å². The number of alkyl carbamates (subject to hydrolysis) is 1. The Morgan fingerprint density at radius 2 is 1.74 bits per heavy atom. The summed E-state index contributed by atoms with van der Waals surface area (Å²) < 4.78 is 5.35. The fourth-order valence-corrected chi connectivity index (χ4v) is 4.06. The van der Waals surface area contributed by atoms with Gasteiger partial charge in [0.15, 0.2) is 0 Å². The molecule has 2 atom stereocenters. The average Bonchev–Trinajstić information content (AvgIpc) is 2.84. The topological polar surface area (TPSA) is 131 Å². The molecule has 0 saturated heterocycles. The zero-order chi connectivity index (χ0) is 29.3. The second-order valence-corrected chi connectivity index (χ2v) is 10.6. The van der Waals surface area contributed by atoms with Gasteiger partial charge in [-0.3, -0.25) is 14.4 Å². The van der Waals surface area contributed by atoms with Crippen LogP contribution in [0.15, 0.2) is 55.1 Å². The lowest BCUT2D eigenvalue weighted by Crippen LogP contribution is -2.54. The number of anilines is 1. The molecule has 0 aliphatic heterocycles. The number of nitrogens with two attached hydrogens (primary N) is 1. The summed E-state index contributed by atoms with van der Waals surface area (Å²) in [6.45, 7) is 14.3. The first-order valence-corrected chi connectivity index (χ1v) is 12.9. The van der Waals surface area contributed by atoms with Crippen molar-refractivity contribution in [1.82, 2.24) is 10.2 Å². The molecule has 2 aromatic carbocycles. The lowest BCUT2D eigenvalue weighted by Gasteiger charge is -2.37. The molecule has 0 aromatic heterocycles. The van der Waals surface area contributed by atoms with Gasteiger partial charge in [0.05, 0.1) is 0 Å². The number of rotatable bonds is 11. The minimum absolute atomic E-state index is 0.0601. The minimum atomic E-state index is -1.16. The summed E-state index contributed by atoms with van der Waals surface area (Å²) in [5, 5.41) is 5.54. The molecule has 0 fully saturated rings. The highest BCUT2D eigenvalue weighted by atomic mass is 16.6. The second kappa shape index (κ2) is 13.6. The fourth-order valence-electron chi connectivity index (χ4n) is 4.06. The van der Waals surface area contributed by atoms with E-state index in [2.05, 4.69) is 17.2 Å². The van der Waals surface area contributed by atoms with Gasteiger partial charge >= 0.3 is 6.09 Å². The molecule has 0 spiro atoms. The number of nitrogens with zero attached hydrogens (tertiary/aromatic N) is 1. The van der Waals surface area contributed by atoms with Gasteiger partial charge in [-0.05, 0) is 76.8 Å². The maximum atomic E-state index is 14.1. The van der Waals surface area contributed by atoms with Crippen molar-refractivity contribution < 1.29 is 23.9 Å². The van der Waals surface area contributed by atoms with Gasteiger partial charge in [-0.2, -0.15) is 0 Å². The van der Waals surface area contributed by atoms with Crippen LogP contribution < -0.4 is 16.4 Å². The lowest BCUT2D eigenvalue weighted by atomic mass is 9.98. The summed E-state index contributed by atoms with van der Waals surface area (Å²) in [6.07, 6.45) is 0.629. The van der Waals surface area contributed by atoms with Gasteiger partial charge in [0.1, 0.15) is 17.7 Å². The Labute approximate surface area is 230 Å². The van der Waals surface area contributed by atoms with E-state index in [4.69, 9.17) is 10.5 Å². The standard InChI is InChI=1S/C30H40N4O5/c1-8-21-13-11-14-22(18-21)26(27(36)32-23-15-10-9-12-20(23)4)34(19(2)3)28(37)24(16-17-25(31)35)33-29(38)39-30(5,6)7/h8-15,18-19,24,26H,1,16-17H2,2-7H3,(H2,31,35)(H,32,36)(H,33,38). The molecule has 4 amide bonds. The fraction of sp³-hybridized carbons (Fsp3) is 0.400. The molecule has 0 bridgehead atoms. The molecule has 2 rings (SSSR count). The number of carbonyl (C=O) groups excluding carboxylic acids is 4. The highest BCUT2D eigenvalue weighted by molar-refractivity contribution is 5.99. The van der Waals surface area contributed by atoms with Crippen LogP contribution in [-0.4, -0.2) is 46.4 Å². The number of primary amides is 1. The number of amides is 4. The van der Waals surface area contributed by atoms with Crippen LogP contribution >= 0.6 is 0 Å². The van der Waals surface area contributed by atoms with Crippen molar-refractivity contribution in [3.8, 4) is 0 Å². The van der Waals surface area contributed by atoms with Crippen molar-refractivity contribution in [2.75, 3.05) is 5.32 Å². The van der Waals surface area contributed by atoms with Gasteiger partial charge < -0.3 is 26.0 Å². The summed E-state index contributed by atoms with van der Waals surface area (Å²) in [6, 6.07) is 11.8. The van der Waals surface area contributed by atoms with Crippen molar-refractivity contribution in [3.63, 3.8) is 0 Å².